The van der Waals surface area contributed by atoms with Gasteiger partial charge in [0.15, 0.2) is 0 Å². The van der Waals surface area contributed by atoms with Crippen molar-refractivity contribution in [1.82, 2.24) is 9.55 Å². The second kappa shape index (κ2) is 9.07. The summed E-state index contributed by atoms with van der Waals surface area (Å²) in [6.45, 7) is 11.5. The number of likely N-dealkylation sites (N-methyl/N-ethyl adjacent to an activating group) is 1. The van der Waals surface area contributed by atoms with Crippen LogP contribution in [-0.4, -0.2) is 40.3 Å². The molecule has 0 saturated carbocycles. The number of nitrogens with zero attached hydrogens (tertiary/aromatic N) is 3. The first kappa shape index (κ1) is 22.5. The highest BCUT2D eigenvalue weighted by Crippen LogP contribution is 2.34. The van der Waals surface area contributed by atoms with Crippen molar-refractivity contribution in [3.05, 3.63) is 64.6 Å². The van der Waals surface area contributed by atoms with Gasteiger partial charge in [0.25, 0.3) is 0 Å². The zero-order chi connectivity index (χ0) is 22.9. The van der Waals surface area contributed by atoms with Crippen molar-refractivity contribution < 1.29 is 14.0 Å². The molecule has 0 N–H and O–H groups in total. The van der Waals surface area contributed by atoms with Crippen LogP contribution >= 0.6 is 0 Å². The predicted molar refractivity (Wildman–Crippen MR) is 128 cm³/mol. The number of hydrogen-bond donors (Lipinski definition) is 0. The Bertz CT molecular complexity index is 1110. The fraction of sp³-hybridized carbons (Fsp3) is 0.481. The number of aromatic nitrogens is 2. The van der Waals surface area contributed by atoms with Gasteiger partial charge in [0, 0.05) is 53.4 Å². The van der Waals surface area contributed by atoms with Crippen LogP contribution in [0.3, 0.4) is 0 Å². The third kappa shape index (κ3) is 4.88. The minimum absolute atomic E-state index is 0.0878. The molecule has 5 heteroatoms. The number of pyridine rings is 1. The number of benzene rings is 1. The molecule has 0 spiro atoms. The van der Waals surface area contributed by atoms with Gasteiger partial charge < -0.3 is 9.30 Å². The number of aryl methyl sites for hydroxylation is 4. The van der Waals surface area contributed by atoms with Crippen LogP contribution < -0.4 is 0 Å². The van der Waals surface area contributed by atoms with E-state index in [0.29, 0.717) is 19.1 Å². The summed E-state index contributed by atoms with van der Waals surface area (Å²) >= 11 is 0. The molecule has 0 aliphatic carbocycles. The summed E-state index contributed by atoms with van der Waals surface area (Å²) in [5.41, 5.74) is 7.77. The maximum Gasteiger partial charge on any atom is 0.310 e. The van der Waals surface area contributed by atoms with E-state index in [1.54, 1.807) is 0 Å². The van der Waals surface area contributed by atoms with Gasteiger partial charge in [-0.2, -0.15) is 0 Å². The summed E-state index contributed by atoms with van der Waals surface area (Å²) in [7, 11) is 2.21. The molecule has 1 atom stereocenters. The molecule has 1 aliphatic heterocycles. The number of hydrogen-bond acceptors (Lipinski definition) is 3. The van der Waals surface area contributed by atoms with Crippen molar-refractivity contribution in [2.24, 2.45) is 5.92 Å². The maximum absolute atomic E-state index is 12.1. The normalized spacial score (nSPS) is 18.2. The number of carbonyl (C=O) groups excluding carboxylic acids is 1. The van der Waals surface area contributed by atoms with Crippen LogP contribution in [-0.2, 0) is 35.5 Å². The Morgan fingerprint density at radius 2 is 2.03 bits per heavy atom. The van der Waals surface area contributed by atoms with E-state index in [-0.39, 0.29) is 5.97 Å². The number of ether oxygens (including phenoxy) is 1. The van der Waals surface area contributed by atoms with Gasteiger partial charge in [-0.1, -0.05) is 31.5 Å². The highest BCUT2D eigenvalue weighted by Gasteiger charge is 2.34. The number of esters is 1. The molecule has 0 radical (unpaired) electrons. The van der Waals surface area contributed by atoms with Gasteiger partial charge in [-0.05, 0) is 49.9 Å². The molecule has 0 fully saturated rings. The van der Waals surface area contributed by atoms with E-state index in [1.807, 2.05) is 13.1 Å². The molecule has 3 heterocycles. The first-order valence-corrected chi connectivity index (χ1v) is 11.8. The molecule has 1 aromatic carbocycles. The number of fused-ring (bicyclic) bond motifs is 3. The molecule has 1 unspecified atom stereocenters. The van der Waals surface area contributed by atoms with E-state index >= 15 is 0 Å². The quantitative estimate of drug-likeness (QED) is 0.391. The Balaban J connectivity index is 1.59. The van der Waals surface area contributed by atoms with Gasteiger partial charge in [0.05, 0.1) is 13.6 Å². The van der Waals surface area contributed by atoms with Crippen LogP contribution in [0.15, 0.2) is 36.5 Å². The molecular formula is C27H36N3O2+. The smallest absolute Gasteiger partial charge is 0.310 e. The summed E-state index contributed by atoms with van der Waals surface area (Å²) in [4.78, 5) is 16.6. The molecule has 5 nitrogen and oxygen atoms in total. The summed E-state index contributed by atoms with van der Waals surface area (Å²) in [6, 6.07) is 11.1. The van der Waals surface area contributed by atoms with E-state index in [1.165, 1.54) is 33.3 Å². The molecule has 0 saturated heterocycles. The summed E-state index contributed by atoms with van der Waals surface area (Å²) in [5, 5.41) is 1.35. The lowest BCUT2D eigenvalue weighted by Crippen LogP contribution is -2.49. The van der Waals surface area contributed by atoms with Crippen molar-refractivity contribution >= 4 is 16.9 Å². The van der Waals surface area contributed by atoms with E-state index in [9.17, 15) is 4.79 Å². The summed E-state index contributed by atoms with van der Waals surface area (Å²) < 4.78 is 8.94. The van der Waals surface area contributed by atoms with E-state index in [4.69, 9.17) is 4.74 Å². The van der Waals surface area contributed by atoms with Gasteiger partial charge in [-0.15, -0.1) is 0 Å². The standard InChI is InChI=1S/C27H36N3O2/c1-19(2)14-27(31)32-18-30(5)13-11-26-24(17-30)23-15-20(3)6-9-25(23)29(26)12-10-22-8-7-21(4)28-16-22/h6-9,15-16,19H,10-14,17-18H2,1-5H3/q+1. The van der Waals surface area contributed by atoms with Crippen LogP contribution in [0, 0.1) is 19.8 Å². The zero-order valence-corrected chi connectivity index (χ0v) is 20.1. The van der Waals surface area contributed by atoms with Crippen LogP contribution in [0.25, 0.3) is 10.9 Å². The lowest BCUT2D eigenvalue weighted by molar-refractivity contribution is -0.940. The first-order chi connectivity index (χ1) is 15.2. The molecule has 4 rings (SSSR count). The van der Waals surface area contributed by atoms with Crippen molar-refractivity contribution in [3.8, 4) is 0 Å². The molecule has 170 valence electrons. The average Bonchev–Trinajstić information content (AvgIpc) is 3.03. The predicted octanol–water partition coefficient (Wildman–Crippen LogP) is 4.95. The van der Waals surface area contributed by atoms with Crippen LogP contribution in [0.5, 0.6) is 0 Å². The van der Waals surface area contributed by atoms with Gasteiger partial charge >= 0.3 is 5.97 Å². The highest BCUT2D eigenvalue weighted by atomic mass is 16.5. The minimum atomic E-state index is -0.0878. The zero-order valence-electron chi connectivity index (χ0n) is 20.1. The third-order valence-electron chi connectivity index (χ3n) is 6.58. The fourth-order valence-electron chi connectivity index (χ4n) is 4.76. The lowest BCUT2D eigenvalue weighted by atomic mass is 10.0. The van der Waals surface area contributed by atoms with E-state index in [2.05, 4.69) is 67.7 Å². The molecule has 1 aliphatic rings. The van der Waals surface area contributed by atoms with Gasteiger partial charge in [-0.25, -0.2) is 0 Å². The second-order valence-corrected chi connectivity index (χ2v) is 10.1. The Hall–Kier alpha value is -2.66. The monoisotopic (exact) mass is 434 g/mol. The van der Waals surface area contributed by atoms with Crippen LogP contribution in [0.4, 0.5) is 0 Å². The minimum Gasteiger partial charge on any atom is -0.415 e. The number of rotatable bonds is 7. The van der Waals surface area contributed by atoms with Crippen molar-refractivity contribution in [1.29, 1.82) is 0 Å². The average molecular weight is 435 g/mol. The van der Waals surface area contributed by atoms with Gasteiger partial charge in [0.1, 0.15) is 6.54 Å². The molecule has 2 aromatic heterocycles. The molecule has 32 heavy (non-hydrogen) atoms. The Morgan fingerprint density at radius 1 is 1.22 bits per heavy atom. The van der Waals surface area contributed by atoms with Crippen molar-refractivity contribution in [2.75, 3.05) is 20.3 Å². The topological polar surface area (TPSA) is 44.1 Å². The number of carbonyl (C=O) groups is 1. The molecular weight excluding hydrogens is 398 g/mol. The Kier molecular flexibility index (Phi) is 6.38. The Morgan fingerprint density at radius 3 is 2.75 bits per heavy atom. The Labute approximate surface area is 191 Å². The van der Waals surface area contributed by atoms with Crippen LogP contribution in [0.1, 0.15) is 48.3 Å². The van der Waals surface area contributed by atoms with Crippen LogP contribution in [0.2, 0.25) is 0 Å². The third-order valence-corrected chi connectivity index (χ3v) is 6.58. The largest absolute Gasteiger partial charge is 0.415 e. The lowest BCUT2D eigenvalue weighted by Gasteiger charge is -2.37. The van der Waals surface area contributed by atoms with E-state index < -0.39 is 0 Å². The molecule has 3 aromatic rings. The molecule has 0 bridgehead atoms. The SMILES string of the molecule is Cc1ccc2c(c1)c1c(n2CCc2ccc(C)nc2)CC[N+](C)(COC(=O)CC(C)C)C1. The number of quaternary nitrogens is 1. The van der Waals surface area contributed by atoms with Crippen molar-refractivity contribution in [2.45, 2.75) is 60.0 Å². The maximum atomic E-state index is 12.1. The summed E-state index contributed by atoms with van der Waals surface area (Å²) in [6.07, 6.45) is 4.44. The van der Waals surface area contributed by atoms with Gasteiger partial charge in [-0.3, -0.25) is 14.3 Å². The highest BCUT2D eigenvalue weighted by molar-refractivity contribution is 5.86. The second-order valence-electron chi connectivity index (χ2n) is 10.1. The summed E-state index contributed by atoms with van der Waals surface area (Å²) in [5.74, 6) is 0.237. The fourth-order valence-corrected chi connectivity index (χ4v) is 4.76. The van der Waals surface area contributed by atoms with Gasteiger partial charge in [0.2, 0.25) is 6.73 Å². The molecule has 0 amide bonds. The van der Waals surface area contributed by atoms with Crippen molar-refractivity contribution in [3.63, 3.8) is 0 Å². The van der Waals surface area contributed by atoms with E-state index in [0.717, 1.165) is 42.7 Å². The first-order valence-electron chi connectivity index (χ1n) is 11.8.